The zero-order valence-electron chi connectivity index (χ0n) is 16.9. The summed E-state index contributed by atoms with van der Waals surface area (Å²) < 4.78 is 17.0. The maximum Gasteiger partial charge on any atom is 0.253 e. The van der Waals surface area contributed by atoms with Gasteiger partial charge in [0.1, 0.15) is 17.2 Å². The number of rotatable bonds is 4. The molecule has 5 nitrogen and oxygen atoms in total. The molecule has 1 amide bonds. The lowest BCUT2D eigenvalue weighted by Crippen LogP contribution is -2.39. The number of piperidine rings is 1. The van der Waals surface area contributed by atoms with Crippen molar-refractivity contribution >= 4 is 5.91 Å². The van der Waals surface area contributed by atoms with Crippen molar-refractivity contribution in [2.75, 3.05) is 33.4 Å². The highest BCUT2D eigenvalue weighted by Gasteiger charge is 2.30. The third kappa shape index (κ3) is 3.43. The van der Waals surface area contributed by atoms with Gasteiger partial charge >= 0.3 is 0 Å². The molecule has 3 aliphatic rings. The Labute approximate surface area is 171 Å². The molecule has 29 heavy (non-hydrogen) atoms. The fourth-order valence-corrected chi connectivity index (χ4v) is 4.85. The highest BCUT2D eigenvalue weighted by molar-refractivity contribution is 5.94. The second-order valence-electron chi connectivity index (χ2n) is 8.19. The van der Waals surface area contributed by atoms with Crippen LogP contribution in [0.5, 0.6) is 17.2 Å². The van der Waals surface area contributed by atoms with Gasteiger partial charge in [-0.05, 0) is 55.5 Å². The lowest BCUT2D eigenvalue weighted by molar-refractivity contribution is 0.0690. The number of amides is 1. The lowest BCUT2D eigenvalue weighted by atomic mass is 9.86. The topological polar surface area (TPSA) is 48.0 Å². The Kier molecular flexibility index (Phi) is 4.82. The Bertz CT molecular complexity index is 881. The first-order chi connectivity index (χ1) is 14.2. The number of hydrogen-bond acceptors (Lipinski definition) is 4. The fraction of sp³-hybridized carbons (Fsp3) is 0.458. The van der Waals surface area contributed by atoms with E-state index < -0.39 is 0 Å². The molecule has 3 heterocycles. The Balaban J connectivity index is 1.26. The number of likely N-dealkylation sites (tertiary alicyclic amines) is 1. The standard InChI is InChI=1S/C24H27NO4/c1-27-19-4-2-17(3-5-19)24(26)25-10-6-16(7-11-25)14-21-20-9-13-28-22(20)15-18-8-12-29-23(18)21/h2-5,15-16H,6-14H2,1H3. The van der Waals surface area contributed by atoms with Crippen molar-refractivity contribution in [1.29, 1.82) is 0 Å². The van der Waals surface area contributed by atoms with Gasteiger partial charge in [-0.1, -0.05) is 0 Å². The van der Waals surface area contributed by atoms with E-state index in [1.807, 2.05) is 29.2 Å². The van der Waals surface area contributed by atoms with Gasteiger partial charge in [0.2, 0.25) is 0 Å². The van der Waals surface area contributed by atoms with E-state index in [-0.39, 0.29) is 5.91 Å². The number of nitrogens with zero attached hydrogens (tertiary/aromatic N) is 1. The molecule has 1 fully saturated rings. The fourth-order valence-electron chi connectivity index (χ4n) is 4.85. The molecule has 5 rings (SSSR count). The minimum atomic E-state index is 0.115. The van der Waals surface area contributed by atoms with Gasteiger partial charge in [-0.15, -0.1) is 0 Å². The summed E-state index contributed by atoms with van der Waals surface area (Å²) in [6.07, 6.45) is 5.05. The molecule has 0 radical (unpaired) electrons. The summed E-state index contributed by atoms with van der Waals surface area (Å²) in [6, 6.07) is 9.57. The monoisotopic (exact) mass is 393 g/mol. The number of methoxy groups -OCH3 is 1. The van der Waals surface area contributed by atoms with Crippen LogP contribution in [0.4, 0.5) is 0 Å². The van der Waals surface area contributed by atoms with Crippen LogP contribution in [0.3, 0.4) is 0 Å². The van der Waals surface area contributed by atoms with E-state index in [9.17, 15) is 4.79 Å². The van der Waals surface area contributed by atoms with E-state index in [1.54, 1.807) is 7.11 Å². The molecular formula is C24H27NO4. The first-order valence-electron chi connectivity index (χ1n) is 10.6. The van der Waals surface area contributed by atoms with E-state index in [1.165, 1.54) is 16.7 Å². The zero-order valence-corrected chi connectivity index (χ0v) is 16.9. The Morgan fingerprint density at radius 3 is 2.62 bits per heavy atom. The van der Waals surface area contributed by atoms with E-state index in [0.717, 1.165) is 81.2 Å². The Hall–Kier alpha value is -2.69. The van der Waals surface area contributed by atoms with Crippen molar-refractivity contribution < 1.29 is 19.0 Å². The molecule has 1 saturated heterocycles. The van der Waals surface area contributed by atoms with Gasteiger partial charge in [-0.3, -0.25) is 4.79 Å². The van der Waals surface area contributed by atoms with Gasteiger partial charge in [0.25, 0.3) is 5.91 Å². The number of benzene rings is 2. The summed E-state index contributed by atoms with van der Waals surface area (Å²) in [7, 11) is 1.64. The minimum absolute atomic E-state index is 0.115. The highest BCUT2D eigenvalue weighted by Crippen LogP contribution is 2.42. The Morgan fingerprint density at radius 1 is 1.10 bits per heavy atom. The number of fused-ring (bicyclic) bond motifs is 2. The van der Waals surface area contributed by atoms with Gasteiger partial charge in [0.15, 0.2) is 0 Å². The maximum atomic E-state index is 12.8. The van der Waals surface area contributed by atoms with Gasteiger partial charge in [0, 0.05) is 48.2 Å². The molecule has 3 aliphatic heterocycles. The SMILES string of the molecule is COc1ccc(C(=O)N2CCC(Cc3c4c(cc5c3OCC5)OCC4)CC2)cc1. The van der Waals surface area contributed by atoms with Crippen molar-refractivity contribution in [3.05, 3.63) is 52.6 Å². The molecule has 0 aliphatic carbocycles. The molecule has 0 spiro atoms. The van der Waals surface area contributed by atoms with Crippen molar-refractivity contribution in [3.63, 3.8) is 0 Å². The van der Waals surface area contributed by atoms with Crippen LogP contribution in [0.25, 0.3) is 0 Å². The number of carbonyl (C=O) groups excluding carboxylic acids is 1. The summed E-state index contributed by atoms with van der Waals surface area (Å²) in [6.45, 7) is 3.17. The molecule has 0 aromatic heterocycles. The summed E-state index contributed by atoms with van der Waals surface area (Å²) in [4.78, 5) is 14.8. The van der Waals surface area contributed by atoms with Gasteiger partial charge in [0.05, 0.1) is 20.3 Å². The second kappa shape index (κ2) is 7.62. The van der Waals surface area contributed by atoms with Crippen molar-refractivity contribution in [3.8, 4) is 17.2 Å². The molecule has 5 heteroatoms. The second-order valence-corrected chi connectivity index (χ2v) is 8.19. The Morgan fingerprint density at radius 2 is 1.86 bits per heavy atom. The predicted molar refractivity (Wildman–Crippen MR) is 110 cm³/mol. The summed E-state index contributed by atoms with van der Waals surface area (Å²) in [5, 5.41) is 0. The molecule has 0 saturated carbocycles. The van der Waals surface area contributed by atoms with Gasteiger partial charge < -0.3 is 19.1 Å². The molecule has 0 N–H and O–H groups in total. The van der Waals surface area contributed by atoms with E-state index in [2.05, 4.69) is 6.07 Å². The van der Waals surface area contributed by atoms with Crippen LogP contribution in [-0.4, -0.2) is 44.2 Å². The lowest BCUT2D eigenvalue weighted by Gasteiger charge is -2.32. The van der Waals surface area contributed by atoms with Crippen LogP contribution in [0, 0.1) is 5.92 Å². The number of ether oxygens (including phenoxy) is 3. The van der Waals surface area contributed by atoms with Crippen molar-refractivity contribution in [1.82, 2.24) is 4.90 Å². The van der Waals surface area contributed by atoms with Crippen LogP contribution in [0.1, 0.15) is 39.9 Å². The molecule has 152 valence electrons. The number of hydrogen-bond donors (Lipinski definition) is 0. The van der Waals surface area contributed by atoms with Crippen LogP contribution >= 0.6 is 0 Å². The quantitative estimate of drug-likeness (QED) is 0.795. The molecule has 2 aromatic rings. The van der Waals surface area contributed by atoms with E-state index in [0.29, 0.717) is 5.92 Å². The molecule has 0 unspecified atom stereocenters. The highest BCUT2D eigenvalue weighted by atomic mass is 16.5. The van der Waals surface area contributed by atoms with E-state index >= 15 is 0 Å². The van der Waals surface area contributed by atoms with Gasteiger partial charge in [-0.2, -0.15) is 0 Å². The van der Waals surface area contributed by atoms with Crippen LogP contribution in [0.15, 0.2) is 30.3 Å². The van der Waals surface area contributed by atoms with Crippen LogP contribution < -0.4 is 14.2 Å². The van der Waals surface area contributed by atoms with Crippen molar-refractivity contribution in [2.24, 2.45) is 5.92 Å². The first-order valence-corrected chi connectivity index (χ1v) is 10.6. The van der Waals surface area contributed by atoms with Crippen molar-refractivity contribution in [2.45, 2.75) is 32.1 Å². The average molecular weight is 393 g/mol. The third-order valence-corrected chi connectivity index (χ3v) is 6.49. The zero-order chi connectivity index (χ0) is 19.8. The predicted octanol–water partition coefficient (Wildman–Crippen LogP) is 3.66. The molecule has 0 bridgehead atoms. The summed E-state index contributed by atoms with van der Waals surface area (Å²) in [5.74, 6) is 3.65. The number of carbonyl (C=O) groups is 1. The minimum Gasteiger partial charge on any atom is -0.497 e. The third-order valence-electron chi connectivity index (χ3n) is 6.49. The summed E-state index contributed by atoms with van der Waals surface area (Å²) >= 11 is 0. The largest absolute Gasteiger partial charge is 0.497 e. The molecule has 0 atom stereocenters. The first kappa shape index (κ1) is 18.3. The van der Waals surface area contributed by atoms with Crippen LogP contribution in [0.2, 0.25) is 0 Å². The maximum absolute atomic E-state index is 12.8. The normalized spacial score (nSPS) is 18.0. The van der Waals surface area contributed by atoms with Crippen LogP contribution in [-0.2, 0) is 19.3 Å². The smallest absolute Gasteiger partial charge is 0.253 e. The van der Waals surface area contributed by atoms with Gasteiger partial charge in [-0.25, -0.2) is 0 Å². The summed E-state index contributed by atoms with van der Waals surface area (Å²) in [5.41, 5.74) is 4.75. The van der Waals surface area contributed by atoms with E-state index in [4.69, 9.17) is 14.2 Å². The molecule has 2 aromatic carbocycles. The average Bonchev–Trinajstić information content (AvgIpc) is 3.43. The molecular weight excluding hydrogens is 366 g/mol.